The van der Waals surface area contributed by atoms with E-state index < -0.39 is 17.8 Å². The summed E-state index contributed by atoms with van der Waals surface area (Å²) in [6, 6.07) is 3.22. The lowest BCUT2D eigenvalue weighted by atomic mass is 10.1. The first kappa shape index (κ1) is 18.5. The molecule has 0 N–H and O–H groups in total. The summed E-state index contributed by atoms with van der Waals surface area (Å²) in [4.78, 5) is 18.1. The number of pyridine rings is 1. The third-order valence-electron chi connectivity index (χ3n) is 4.19. The molecule has 1 amide bonds. The fraction of sp³-hybridized carbons (Fsp3) is 0.647. The van der Waals surface area contributed by atoms with Crippen molar-refractivity contribution >= 4 is 5.91 Å². The van der Waals surface area contributed by atoms with E-state index in [-0.39, 0.29) is 23.4 Å². The largest absolute Gasteiger partial charge is 0.465 e. The van der Waals surface area contributed by atoms with Gasteiger partial charge in [-0.3, -0.25) is 4.79 Å². The smallest absolute Gasteiger partial charge is 0.425 e. The van der Waals surface area contributed by atoms with Gasteiger partial charge in [-0.1, -0.05) is 6.07 Å². The maximum absolute atomic E-state index is 12.8. The van der Waals surface area contributed by atoms with Gasteiger partial charge >= 0.3 is 6.18 Å². The van der Waals surface area contributed by atoms with Gasteiger partial charge in [0, 0.05) is 18.2 Å². The fourth-order valence-electron chi connectivity index (χ4n) is 2.08. The molecule has 1 aliphatic rings. The van der Waals surface area contributed by atoms with Crippen molar-refractivity contribution in [2.75, 3.05) is 7.05 Å². The van der Waals surface area contributed by atoms with Crippen LogP contribution in [0.5, 0.6) is 5.88 Å². The molecule has 0 bridgehead atoms. The van der Waals surface area contributed by atoms with Crippen LogP contribution in [0.3, 0.4) is 0 Å². The first-order chi connectivity index (χ1) is 10.9. The summed E-state index contributed by atoms with van der Waals surface area (Å²) in [6.07, 6.45) is -4.67. The fourth-order valence-corrected chi connectivity index (χ4v) is 2.08. The molecule has 1 unspecified atom stereocenters. The van der Waals surface area contributed by atoms with Crippen LogP contribution in [0.2, 0.25) is 0 Å². The van der Waals surface area contributed by atoms with E-state index in [0.717, 1.165) is 19.8 Å². The predicted octanol–water partition coefficient (Wildman–Crippen LogP) is 4.16. The Morgan fingerprint density at radius 1 is 1.29 bits per heavy atom. The summed E-state index contributed by atoms with van der Waals surface area (Å²) in [7, 11) is 1.64. The van der Waals surface area contributed by atoms with E-state index in [1.165, 1.54) is 4.90 Å². The van der Waals surface area contributed by atoms with Crippen LogP contribution in [0.4, 0.5) is 13.2 Å². The van der Waals surface area contributed by atoms with Gasteiger partial charge in [-0.25, -0.2) is 4.98 Å². The number of hydrogen-bond donors (Lipinski definition) is 0. The number of hydrogen-bond acceptors (Lipinski definition) is 3. The summed E-state index contributed by atoms with van der Waals surface area (Å²) in [6.45, 7) is 6.54. The Balaban J connectivity index is 2.32. The highest BCUT2D eigenvalue weighted by Crippen LogP contribution is 2.44. The molecule has 1 saturated carbocycles. The quantitative estimate of drug-likeness (QED) is 0.824. The zero-order chi connectivity index (χ0) is 18.3. The van der Waals surface area contributed by atoms with Crippen LogP contribution < -0.4 is 4.74 Å². The second-order valence-electron chi connectivity index (χ2n) is 7.20. The maximum Gasteiger partial charge on any atom is 0.425 e. The molecule has 1 heterocycles. The summed E-state index contributed by atoms with van der Waals surface area (Å²) >= 11 is 0. The molecule has 24 heavy (non-hydrogen) atoms. The van der Waals surface area contributed by atoms with Crippen molar-refractivity contribution in [3.8, 4) is 5.88 Å². The minimum atomic E-state index is -4.48. The normalized spacial score (nSPS) is 16.7. The molecule has 0 spiro atoms. The molecule has 134 valence electrons. The van der Waals surface area contributed by atoms with Crippen LogP contribution in [0.1, 0.15) is 62.5 Å². The number of carbonyl (C=O) groups excluding carboxylic acids is 1. The van der Waals surface area contributed by atoms with Crippen molar-refractivity contribution in [1.82, 2.24) is 9.88 Å². The Hall–Kier alpha value is -1.79. The molecule has 2 rings (SSSR count). The SMILES string of the molecule is CC(Oc1nc(C(=O)N(C)C(C)(C)C)ccc1C1CC1)C(F)(F)F. The first-order valence-corrected chi connectivity index (χ1v) is 7.93. The summed E-state index contributed by atoms with van der Waals surface area (Å²) < 4.78 is 43.5. The minimum absolute atomic E-state index is 0.0844. The predicted molar refractivity (Wildman–Crippen MR) is 84.2 cm³/mol. The van der Waals surface area contributed by atoms with Crippen molar-refractivity contribution in [3.05, 3.63) is 23.4 Å². The summed E-state index contributed by atoms with van der Waals surface area (Å²) in [5.74, 6) is -0.276. The van der Waals surface area contributed by atoms with Gasteiger partial charge in [0.2, 0.25) is 5.88 Å². The molecule has 1 aromatic heterocycles. The third-order valence-corrected chi connectivity index (χ3v) is 4.19. The molecular weight excluding hydrogens is 321 g/mol. The Kier molecular flexibility index (Phi) is 4.84. The number of rotatable bonds is 4. The average Bonchev–Trinajstić information content (AvgIpc) is 3.28. The lowest BCUT2D eigenvalue weighted by Gasteiger charge is -2.31. The zero-order valence-corrected chi connectivity index (χ0v) is 14.6. The highest BCUT2D eigenvalue weighted by Gasteiger charge is 2.40. The molecule has 1 atom stereocenters. The van der Waals surface area contributed by atoms with Crippen LogP contribution in [0.15, 0.2) is 12.1 Å². The Morgan fingerprint density at radius 2 is 1.88 bits per heavy atom. The Bertz CT molecular complexity index is 619. The third kappa shape index (κ3) is 4.19. The van der Waals surface area contributed by atoms with Crippen LogP contribution >= 0.6 is 0 Å². The number of aromatic nitrogens is 1. The minimum Gasteiger partial charge on any atom is -0.465 e. The molecule has 1 aromatic rings. The van der Waals surface area contributed by atoms with E-state index >= 15 is 0 Å². The van der Waals surface area contributed by atoms with Crippen molar-refractivity contribution < 1.29 is 22.7 Å². The topological polar surface area (TPSA) is 42.4 Å². The molecule has 1 aliphatic carbocycles. The van der Waals surface area contributed by atoms with Gasteiger partial charge in [0.05, 0.1) is 0 Å². The maximum atomic E-state index is 12.8. The molecular formula is C17H23F3N2O2. The molecule has 1 fully saturated rings. The highest BCUT2D eigenvalue weighted by atomic mass is 19.4. The van der Waals surface area contributed by atoms with Crippen molar-refractivity contribution in [1.29, 1.82) is 0 Å². The van der Waals surface area contributed by atoms with Gasteiger partial charge in [-0.05, 0) is 52.5 Å². The molecule has 0 aromatic carbocycles. The second-order valence-corrected chi connectivity index (χ2v) is 7.20. The van der Waals surface area contributed by atoms with Gasteiger partial charge in [0.25, 0.3) is 5.91 Å². The van der Waals surface area contributed by atoms with Gasteiger partial charge in [0.15, 0.2) is 6.10 Å². The number of halogens is 3. The van der Waals surface area contributed by atoms with Crippen molar-refractivity contribution in [2.45, 2.75) is 64.3 Å². The lowest BCUT2D eigenvalue weighted by molar-refractivity contribution is -0.190. The Labute approximate surface area is 140 Å². The van der Waals surface area contributed by atoms with E-state index in [1.54, 1.807) is 19.2 Å². The Morgan fingerprint density at radius 3 is 2.33 bits per heavy atom. The van der Waals surface area contributed by atoms with E-state index in [4.69, 9.17) is 4.74 Å². The number of amides is 1. The molecule has 0 saturated heterocycles. The molecule has 7 heteroatoms. The number of carbonyl (C=O) groups is 1. The van der Waals surface area contributed by atoms with E-state index in [2.05, 4.69) is 4.98 Å². The molecule has 4 nitrogen and oxygen atoms in total. The monoisotopic (exact) mass is 344 g/mol. The first-order valence-electron chi connectivity index (χ1n) is 7.93. The van der Waals surface area contributed by atoms with Crippen LogP contribution in [0.25, 0.3) is 0 Å². The summed E-state index contributed by atoms with van der Waals surface area (Å²) in [5, 5.41) is 0. The number of nitrogens with zero attached hydrogens (tertiary/aromatic N) is 2. The standard InChI is InChI=1S/C17H23F3N2O2/c1-10(17(18,19)20)24-14-12(11-6-7-11)8-9-13(21-14)15(23)22(5)16(2,3)4/h8-11H,6-7H2,1-5H3. The van der Waals surface area contributed by atoms with E-state index in [9.17, 15) is 18.0 Å². The number of ether oxygens (including phenoxy) is 1. The van der Waals surface area contributed by atoms with E-state index in [0.29, 0.717) is 5.56 Å². The van der Waals surface area contributed by atoms with Gasteiger partial charge in [-0.2, -0.15) is 13.2 Å². The molecule has 0 aliphatic heterocycles. The zero-order valence-electron chi connectivity index (χ0n) is 14.6. The second kappa shape index (κ2) is 6.26. The number of alkyl halides is 3. The van der Waals surface area contributed by atoms with E-state index in [1.807, 2.05) is 20.8 Å². The highest BCUT2D eigenvalue weighted by molar-refractivity contribution is 5.92. The summed E-state index contributed by atoms with van der Waals surface area (Å²) in [5.41, 5.74) is 0.302. The van der Waals surface area contributed by atoms with Crippen LogP contribution in [-0.4, -0.2) is 40.7 Å². The van der Waals surface area contributed by atoms with Crippen molar-refractivity contribution in [3.63, 3.8) is 0 Å². The van der Waals surface area contributed by atoms with Crippen LogP contribution in [-0.2, 0) is 0 Å². The van der Waals surface area contributed by atoms with Crippen molar-refractivity contribution in [2.24, 2.45) is 0 Å². The van der Waals surface area contributed by atoms with Crippen LogP contribution in [0, 0.1) is 0 Å². The van der Waals surface area contributed by atoms with Gasteiger partial charge < -0.3 is 9.64 Å². The van der Waals surface area contributed by atoms with Gasteiger partial charge in [0.1, 0.15) is 5.69 Å². The van der Waals surface area contributed by atoms with Gasteiger partial charge in [-0.15, -0.1) is 0 Å². The average molecular weight is 344 g/mol. The molecule has 0 radical (unpaired) electrons. The lowest BCUT2D eigenvalue weighted by Crippen LogP contribution is -2.42.